The van der Waals surface area contributed by atoms with Gasteiger partial charge in [0.25, 0.3) is 5.91 Å². The average molecular weight is 502 g/mol. The van der Waals surface area contributed by atoms with Crippen LogP contribution in [-0.4, -0.2) is 58.7 Å². The first-order valence-corrected chi connectivity index (χ1v) is 13.3. The highest BCUT2D eigenvalue weighted by atomic mass is 16.5. The quantitative estimate of drug-likeness (QED) is 0.614. The minimum absolute atomic E-state index is 0.0353. The molecule has 37 heavy (non-hydrogen) atoms. The summed E-state index contributed by atoms with van der Waals surface area (Å²) in [6.45, 7) is 1.50. The molecular formula is C29H31N3O5. The Morgan fingerprint density at radius 3 is 2.68 bits per heavy atom. The molecule has 0 bridgehead atoms. The summed E-state index contributed by atoms with van der Waals surface area (Å²) < 4.78 is 6.17. The van der Waals surface area contributed by atoms with Crippen LogP contribution in [0.2, 0.25) is 0 Å². The zero-order valence-corrected chi connectivity index (χ0v) is 20.7. The van der Waals surface area contributed by atoms with Crippen LogP contribution in [0.25, 0.3) is 0 Å². The molecule has 4 atom stereocenters. The summed E-state index contributed by atoms with van der Waals surface area (Å²) in [7, 11) is 0. The lowest BCUT2D eigenvalue weighted by Crippen LogP contribution is -2.52. The summed E-state index contributed by atoms with van der Waals surface area (Å²) in [6.07, 6.45) is 4.49. The zero-order valence-electron chi connectivity index (χ0n) is 20.7. The predicted molar refractivity (Wildman–Crippen MR) is 135 cm³/mol. The molecule has 0 aromatic heterocycles. The van der Waals surface area contributed by atoms with Crippen LogP contribution >= 0.6 is 0 Å². The van der Waals surface area contributed by atoms with E-state index >= 15 is 0 Å². The van der Waals surface area contributed by atoms with Crippen molar-refractivity contribution in [2.75, 3.05) is 13.2 Å². The minimum Gasteiger partial charge on any atom is -0.491 e. The van der Waals surface area contributed by atoms with E-state index < -0.39 is 11.9 Å². The highest BCUT2D eigenvalue weighted by molar-refractivity contribution is 6.05. The fraction of sp³-hybridized carbons (Fsp3) is 0.448. The number of carbonyl (C=O) groups is 4. The summed E-state index contributed by atoms with van der Waals surface area (Å²) in [5, 5.41) is 2.33. The van der Waals surface area contributed by atoms with Gasteiger partial charge in [0.15, 0.2) is 0 Å². The van der Waals surface area contributed by atoms with Crippen molar-refractivity contribution in [1.82, 2.24) is 15.1 Å². The number of fused-ring (bicyclic) bond motifs is 1. The van der Waals surface area contributed by atoms with Crippen LogP contribution in [0.15, 0.2) is 48.5 Å². The van der Waals surface area contributed by atoms with Crippen LogP contribution in [0.4, 0.5) is 0 Å². The smallest absolute Gasteiger partial charge is 0.255 e. The number of amides is 4. The largest absolute Gasteiger partial charge is 0.491 e. The number of ether oxygens (including phenoxy) is 1. The fourth-order valence-corrected chi connectivity index (χ4v) is 6.05. The number of nitrogens with zero attached hydrogens (tertiary/aromatic N) is 2. The van der Waals surface area contributed by atoms with E-state index in [0.717, 1.165) is 37.8 Å². The number of hydrogen-bond donors (Lipinski definition) is 1. The lowest BCUT2D eigenvalue weighted by Gasteiger charge is -2.36. The first kappa shape index (κ1) is 23.7. The van der Waals surface area contributed by atoms with Gasteiger partial charge in [0, 0.05) is 31.0 Å². The third-order valence-corrected chi connectivity index (χ3v) is 8.18. The average Bonchev–Trinajstić information content (AvgIpc) is 3.66. The van der Waals surface area contributed by atoms with Crippen molar-refractivity contribution in [3.05, 3.63) is 65.2 Å². The van der Waals surface area contributed by atoms with Crippen LogP contribution in [0, 0.1) is 5.92 Å². The Morgan fingerprint density at radius 2 is 1.86 bits per heavy atom. The van der Waals surface area contributed by atoms with Gasteiger partial charge in [-0.15, -0.1) is 0 Å². The third-order valence-electron chi connectivity index (χ3n) is 8.18. The van der Waals surface area contributed by atoms with E-state index in [0.29, 0.717) is 36.8 Å². The maximum absolute atomic E-state index is 13.4. The van der Waals surface area contributed by atoms with Crippen molar-refractivity contribution in [2.45, 2.75) is 63.1 Å². The summed E-state index contributed by atoms with van der Waals surface area (Å²) in [5.74, 6) is 0.364. The molecule has 0 radical (unpaired) electrons. The molecule has 2 aromatic carbocycles. The standard InChI is InChI=1S/C29H31N3O5/c33-26-12-11-25(27(34)30-26)32-16-19-14-21(9-10-22(19)28(32)35)37-17-20-8-4-5-13-31(20)29(36)24-15-23(24)18-6-2-1-3-7-18/h1-3,6-7,9-10,14,20,23-25H,4-5,8,11-13,15-17H2,(H,30,33,34)/t20-,23-,24-,25?/m1/s1. The van der Waals surface area contributed by atoms with Crippen LogP contribution in [0.5, 0.6) is 5.75 Å². The van der Waals surface area contributed by atoms with Crippen molar-refractivity contribution in [1.29, 1.82) is 0 Å². The molecule has 1 N–H and O–H groups in total. The first-order chi connectivity index (χ1) is 18.0. The fourth-order valence-electron chi connectivity index (χ4n) is 6.05. The number of likely N-dealkylation sites (tertiary alicyclic amines) is 1. The predicted octanol–water partition coefficient (Wildman–Crippen LogP) is 3.01. The van der Waals surface area contributed by atoms with E-state index in [-0.39, 0.29) is 36.1 Å². The number of benzene rings is 2. The van der Waals surface area contributed by atoms with E-state index in [1.807, 2.05) is 29.2 Å². The van der Waals surface area contributed by atoms with Crippen LogP contribution in [0.1, 0.15) is 65.9 Å². The second-order valence-corrected chi connectivity index (χ2v) is 10.6. The number of carbonyl (C=O) groups excluding carboxylic acids is 4. The Labute approximate surface area is 215 Å². The van der Waals surface area contributed by atoms with Crippen molar-refractivity contribution >= 4 is 23.6 Å². The summed E-state index contributed by atoms with van der Waals surface area (Å²) in [5.41, 5.74) is 2.62. The maximum atomic E-state index is 13.4. The molecule has 6 rings (SSSR count). The van der Waals surface area contributed by atoms with Crippen molar-refractivity contribution < 1.29 is 23.9 Å². The van der Waals surface area contributed by atoms with E-state index in [2.05, 4.69) is 17.4 Å². The Balaban J connectivity index is 1.09. The molecule has 1 unspecified atom stereocenters. The van der Waals surface area contributed by atoms with Crippen molar-refractivity contribution in [2.24, 2.45) is 5.92 Å². The SMILES string of the molecule is O=C1CCC(N2Cc3cc(OC[C@H]4CCCCN4C(=O)[C@@H]4C[C@@H]4c4ccccc4)ccc3C2=O)C(=O)N1. The molecule has 2 saturated heterocycles. The van der Waals surface area contributed by atoms with E-state index in [4.69, 9.17) is 4.74 Å². The Hall–Kier alpha value is -3.68. The van der Waals surface area contributed by atoms with Gasteiger partial charge in [-0.05, 0) is 67.3 Å². The second-order valence-electron chi connectivity index (χ2n) is 10.6. The third kappa shape index (κ3) is 4.61. The van der Waals surface area contributed by atoms with Gasteiger partial charge >= 0.3 is 0 Å². The second kappa shape index (κ2) is 9.65. The number of rotatable bonds is 6. The maximum Gasteiger partial charge on any atom is 0.255 e. The minimum atomic E-state index is -0.633. The zero-order chi connectivity index (χ0) is 25.5. The molecule has 4 amide bonds. The van der Waals surface area contributed by atoms with Gasteiger partial charge < -0.3 is 14.5 Å². The molecule has 3 aliphatic heterocycles. The number of hydrogen-bond acceptors (Lipinski definition) is 5. The highest BCUT2D eigenvalue weighted by Gasteiger charge is 2.47. The topological polar surface area (TPSA) is 96.0 Å². The lowest BCUT2D eigenvalue weighted by atomic mass is 10.0. The van der Waals surface area contributed by atoms with E-state index in [1.165, 1.54) is 10.5 Å². The molecule has 3 fully saturated rings. The lowest BCUT2D eigenvalue weighted by molar-refractivity contribution is -0.138. The van der Waals surface area contributed by atoms with E-state index in [1.54, 1.807) is 12.1 Å². The summed E-state index contributed by atoms with van der Waals surface area (Å²) in [6, 6.07) is 15.1. The highest BCUT2D eigenvalue weighted by Crippen LogP contribution is 2.49. The van der Waals surface area contributed by atoms with E-state index in [9.17, 15) is 19.2 Å². The monoisotopic (exact) mass is 501 g/mol. The molecule has 0 spiro atoms. The molecule has 1 aliphatic carbocycles. The van der Waals surface area contributed by atoms with Gasteiger partial charge in [0.05, 0.1) is 6.04 Å². The normalized spacial score (nSPS) is 27.1. The van der Waals surface area contributed by atoms with Crippen LogP contribution < -0.4 is 10.1 Å². The van der Waals surface area contributed by atoms with Gasteiger partial charge in [-0.25, -0.2) is 0 Å². The molecule has 2 aromatic rings. The Bertz CT molecular complexity index is 1250. The Morgan fingerprint density at radius 1 is 1.03 bits per heavy atom. The van der Waals surface area contributed by atoms with Gasteiger partial charge in [-0.1, -0.05) is 30.3 Å². The van der Waals surface area contributed by atoms with Gasteiger partial charge in [-0.3, -0.25) is 24.5 Å². The molecule has 4 aliphatic rings. The van der Waals surface area contributed by atoms with Crippen molar-refractivity contribution in [3.8, 4) is 5.75 Å². The molecule has 1 saturated carbocycles. The van der Waals surface area contributed by atoms with Gasteiger partial charge in [0.2, 0.25) is 17.7 Å². The van der Waals surface area contributed by atoms with Crippen molar-refractivity contribution in [3.63, 3.8) is 0 Å². The number of nitrogens with one attached hydrogen (secondary N) is 1. The molecule has 8 nitrogen and oxygen atoms in total. The summed E-state index contributed by atoms with van der Waals surface area (Å²) >= 11 is 0. The molecular weight excluding hydrogens is 470 g/mol. The Kier molecular flexibility index (Phi) is 6.18. The first-order valence-electron chi connectivity index (χ1n) is 13.3. The number of piperidine rings is 2. The summed E-state index contributed by atoms with van der Waals surface area (Å²) in [4.78, 5) is 53.6. The molecule has 192 valence electrons. The van der Waals surface area contributed by atoms with Crippen LogP contribution in [0.3, 0.4) is 0 Å². The van der Waals surface area contributed by atoms with Crippen LogP contribution in [-0.2, 0) is 20.9 Å². The van der Waals surface area contributed by atoms with Gasteiger partial charge in [-0.2, -0.15) is 0 Å². The molecule has 3 heterocycles. The van der Waals surface area contributed by atoms with Gasteiger partial charge in [0.1, 0.15) is 18.4 Å². The molecule has 8 heteroatoms. The number of imide groups is 1.